The van der Waals surface area contributed by atoms with Gasteiger partial charge in [-0.3, -0.25) is 14.5 Å². The van der Waals surface area contributed by atoms with Gasteiger partial charge in [0, 0.05) is 20.7 Å². The van der Waals surface area contributed by atoms with Crippen molar-refractivity contribution < 1.29 is 19.8 Å². The van der Waals surface area contributed by atoms with Gasteiger partial charge in [-0.25, -0.2) is 0 Å². The fourth-order valence-corrected chi connectivity index (χ4v) is 4.13. The van der Waals surface area contributed by atoms with Crippen LogP contribution in [-0.2, 0) is 9.59 Å². The van der Waals surface area contributed by atoms with Crippen LogP contribution in [0.3, 0.4) is 0 Å². The summed E-state index contributed by atoms with van der Waals surface area (Å²) in [6, 6.07) is 16.6. The normalized spacial score (nSPS) is 17.9. The molecule has 0 saturated carbocycles. The maximum Gasteiger partial charge on any atom is 0.300 e. The van der Waals surface area contributed by atoms with Crippen molar-refractivity contribution in [2.24, 2.45) is 0 Å². The number of hydrogen-bond donors (Lipinski definition) is 2. The molecular formula is C23H14BrCl2NO4. The summed E-state index contributed by atoms with van der Waals surface area (Å²) in [7, 11) is 0. The molecule has 0 aliphatic carbocycles. The zero-order chi connectivity index (χ0) is 22.3. The first-order chi connectivity index (χ1) is 14.8. The quantitative estimate of drug-likeness (QED) is 0.250. The monoisotopic (exact) mass is 517 g/mol. The molecule has 1 fully saturated rings. The number of aliphatic hydroxyl groups is 1. The number of nitrogens with zero attached hydrogens (tertiary/aromatic N) is 1. The molecule has 1 aliphatic heterocycles. The third-order valence-corrected chi connectivity index (χ3v) is 6.00. The molecule has 1 unspecified atom stereocenters. The van der Waals surface area contributed by atoms with Crippen molar-refractivity contribution in [1.82, 2.24) is 0 Å². The Morgan fingerprint density at radius 1 is 0.968 bits per heavy atom. The van der Waals surface area contributed by atoms with Gasteiger partial charge in [0.15, 0.2) is 0 Å². The predicted molar refractivity (Wildman–Crippen MR) is 123 cm³/mol. The van der Waals surface area contributed by atoms with Crippen LogP contribution >= 0.6 is 39.1 Å². The third kappa shape index (κ3) is 3.94. The second-order valence-corrected chi connectivity index (χ2v) is 8.63. The lowest BCUT2D eigenvalue weighted by Gasteiger charge is -2.25. The number of phenolic OH excluding ortho intramolecular Hbond substituents is 1. The van der Waals surface area contributed by atoms with Crippen LogP contribution in [-0.4, -0.2) is 21.9 Å². The first-order valence-corrected chi connectivity index (χ1v) is 10.6. The number of phenols is 1. The van der Waals surface area contributed by atoms with Gasteiger partial charge >= 0.3 is 0 Å². The second-order valence-electron chi connectivity index (χ2n) is 6.87. The summed E-state index contributed by atoms with van der Waals surface area (Å²) in [5.41, 5.74) is 1.12. The Labute approximate surface area is 196 Å². The fraction of sp³-hybridized carbons (Fsp3) is 0.0435. The Hall–Kier alpha value is -2.80. The molecule has 4 rings (SSSR count). The van der Waals surface area contributed by atoms with E-state index >= 15 is 0 Å². The van der Waals surface area contributed by atoms with Gasteiger partial charge in [0.1, 0.15) is 11.5 Å². The van der Waals surface area contributed by atoms with E-state index in [1.807, 2.05) is 0 Å². The Morgan fingerprint density at radius 2 is 1.68 bits per heavy atom. The number of benzene rings is 3. The molecule has 8 heteroatoms. The molecule has 1 amide bonds. The van der Waals surface area contributed by atoms with Crippen LogP contribution in [0.1, 0.15) is 17.2 Å². The van der Waals surface area contributed by atoms with Crippen molar-refractivity contribution in [3.63, 3.8) is 0 Å². The molecule has 1 heterocycles. The summed E-state index contributed by atoms with van der Waals surface area (Å²) in [4.78, 5) is 27.4. The number of halogens is 3. The van der Waals surface area contributed by atoms with Gasteiger partial charge in [-0.2, -0.15) is 0 Å². The molecule has 5 nitrogen and oxygen atoms in total. The zero-order valence-corrected chi connectivity index (χ0v) is 18.8. The lowest BCUT2D eigenvalue weighted by Crippen LogP contribution is -2.29. The van der Waals surface area contributed by atoms with Gasteiger partial charge in [0.2, 0.25) is 0 Å². The average Bonchev–Trinajstić information content (AvgIpc) is 3.01. The van der Waals surface area contributed by atoms with Gasteiger partial charge in [-0.15, -0.1) is 0 Å². The van der Waals surface area contributed by atoms with Crippen LogP contribution in [0.25, 0.3) is 5.76 Å². The number of ketones is 1. The molecule has 1 aliphatic rings. The van der Waals surface area contributed by atoms with Gasteiger partial charge in [0.05, 0.1) is 16.6 Å². The summed E-state index contributed by atoms with van der Waals surface area (Å²) in [6.45, 7) is 0. The van der Waals surface area contributed by atoms with Crippen molar-refractivity contribution >= 4 is 62.3 Å². The molecule has 1 atom stereocenters. The SMILES string of the molecule is O=C1C(=O)N(c2cccc(Cl)c2)C(c2ccc(O)c(Cl)c2)/C1=C(/O)c1ccc(Br)cc1. The standard InChI is InChI=1S/C23H14BrCl2NO4/c24-14-7-4-12(5-8-14)21(29)19-20(13-6-9-18(28)17(26)10-13)27(23(31)22(19)30)16-3-1-2-15(25)11-16/h1-11,20,28-29H/b21-19-. The molecule has 3 aromatic carbocycles. The largest absolute Gasteiger partial charge is 0.507 e. The lowest BCUT2D eigenvalue weighted by molar-refractivity contribution is -0.132. The smallest absolute Gasteiger partial charge is 0.300 e. The number of carbonyl (C=O) groups is 2. The second kappa shape index (κ2) is 8.38. The Kier molecular flexibility index (Phi) is 5.79. The number of carbonyl (C=O) groups excluding carboxylic acids is 2. The number of aliphatic hydroxyl groups excluding tert-OH is 1. The first kappa shape index (κ1) is 21.4. The summed E-state index contributed by atoms with van der Waals surface area (Å²) in [5.74, 6) is -2.10. The van der Waals surface area contributed by atoms with E-state index < -0.39 is 17.7 Å². The van der Waals surface area contributed by atoms with Crippen molar-refractivity contribution in [3.8, 4) is 5.75 Å². The van der Waals surface area contributed by atoms with Crippen LogP contribution in [0.15, 0.2) is 76.8 Å². The minimum Gasteiger partial charge on any atom is -0.507 e. The number of rotatable bonds is 3. The van der Waals surface area contributed by atoms with E-state index in [0.29, 0.717) is 21.8 Å². The first-order valence-electron chi connectivity index (χ1n) is 9.09. The number of amides is 1. The molecule has 2 N–H and O–H groups in total. The number of anilines is 1. The highest BCUT2D eigenvalue weighted by molar-refractivity contribution is 9.10. The fourth-order valence-electron chi connectivity index (χ4n) is 3.50. The third-order valence-electron chi connectivity index (χ3n) is 4.94. The van der Waals surface area contributed by atoms with Crippen molar-refractivity contribution in [1.29, 1.82) is 0 Å². The minimum absolute atomic E-state index is 0.0535. The molecule has 0 bridgehead atoms. The topological polar surface area (TPSA) is 77.8 Å². The van der Waals surface area contributed by atoms with Crippen LogP contribution in [0, 0.1) is 0 Å². The van der Waals surface area contributed by atoms with Crippen molar-refractivity contribution in [2.75, 3.05) is 4.90 Å². The van der Waals surface area contributed by atoms with Crippen molar-refractivity contribution in [2.45, 2.75) is 6.04 Å². The van der Waals surface area contributed by atoms with E-state index in [-0.39, 0.29) is 22.1 Å². The summed E-state index contributed by atoms with van der Waals surface area (Å²) in [6.07, 6.45) is 0. The molecule has 1 saturated heterocycles. The van der Waals surface area contributed by atoms with Gasteiger partial charge in [-0.05, 0) is 48.0 Å². The molecule has 0 aromatic heterocycles. The molecule has 31 heavy (non-hydrogen) atoms. The van der Waals surface area contributed by atoms with E-state index in [2.05, 4.69) is 15.9 Å². The van der Waals surface area contributed by atoms with E-state index in [1.165, 1.54) is 17.0 Å². The Morgan fingerprint density at radius 3 is 2.32 bits per heavy atom. The lowest BCUT2D eigenvalue weighted by atomic mass is 9.95. The maximum atomic E-state index is 13.1. The van der Waals surface area contributed by atoms with E-state index in [4.69, 9.17) is 23.2 Å². The number of hydrogen-bond acceptors (Lipinski definition) is 4. The number of Topliss-reactive ketones (excluding diaryl/α,β-unsaturated/α-hetero) is 1. The highest BCUT2D eigenvalue weighted by Gasteiger charge is 2.47. The van der Waals surface area contributed by atoms with E-state index in [0.717, 1.165) is 4.47 Å². The molecular weight excluding hydrogens is 505 g/mol. The minimum atomic E-state index is -0.972. The number of aromatic hydroxyl groups is 1. The predicted octanol–water partition coefficient (Wildman–Crippen LogP) is 6.09. The Bertz CT molecular complexity index is 1240. The summed E-state index contributed by atoms with van der Waals surface area (Å²) >= 11 is 15.5. The van der Waals surface area contributed by atoms with E-state index in [9.17, 15) is 19.8 Å². The highest BCUT2D eigenvalue weighted by atomic mass is 79.9. The van der Waals surface area contributed by atoms with Crippen molar-refractivity contribution in [3.05, 3.63) is 97.9 Å². The van der Waals surface area contributed by atoms with Crippen LogP contribution in [0.5, 0.6) is 5.75 Å². The van der Waals surface area contributed by atoms with Crippen LogP contribution in [0.4, 0.5) is 5.69 Å². The van der Waals surface area contributed by atoms with Gasteiger partial charge < -0.3 is 10.2 Å². The zero-order valence-electron chi connectivity index (χ0n) is 15.7. The highest BCUT2D eigenvalue weighted by Crippen LogP contribution is 2.43. The van der Waals surface area contributed by atoms with Crippen LogP contribution in [0.2, 0.25) is 10.0 Å². The molecule has 156 valence electrons. The molecule has 0 spiro atoms. The maximum absolute atomic E-state index is 13.1. The van der Waals surface area contributed by atoms with Crippen LogP contribution < -0.4 is 4.90 Å². The van der Waals surface area contributed by atoms with Gasteiger partial charge in [-0.1, -0.05) is 63.4 Å². The molecule has 0 radical (unpaired) electrons. The van der Waals surface area contributed by atoms with Gasteiger partial charge in [0.25, 0.3) is 11.7 Å². The van der Waals surface area contributed by atoms with E-state index in [1.54, 1.807) is 54.6 Å². The summed E-state index contributed by atoms with van der Waals surface area (Å²) in [5, 5.41) is 21.3. The Balaban J connectivity index is 1.97. The average molecular weight is 519 g/mol. The summed E-state index contributed by atoms with van der Waals surface area (Å²) < 4.78 is 0.797. The molecule has 3 aromatic rings.